The Morgan fingerprint density at radius 2 is 2.00 bits per heavy atom. The van der Waals surface area contributed by atoms with Gasteiger partial charge in [0.05, 0.1) is 6.10 Å². The van der Waals surface area contributed by atoms with E-state index in [0.717, 1.165) is 25.5 Å². The Morgan fingerprint density at radius 1 is 1.19 bits per heavy atom. The maximum Gasteiger partial charge on any atom is 0.0691 e. The third kappa shape index (κ3) is 2.55. The molecule has 3 heteroatoms. The molecule has 4 unspecified atom stereocenters. The molecule has 0 radical (unpaired) electrons. The zero-order valence-electron chi connectivity index (χ0n) is 14.2. The Hall–Kier alpha value is -0.120. The van der Waals surface area contributed by atoms with E-state index < -0.39 is 0 Å². The lowest BCUT2D eigenvalue weighted by atomic mass is 9.48. The van der Waals surface area contributed by atoms with Gasteiger partial charge in [-0.05, 0) is 44.7 Å². The first-order valence-electron chi connectivity index (χ1n) is 9.12. The fourth-order valence-electron chi connectivity index (χ4n) is 5.25. The molecular formula is C18H34N2O. The minimum atomic E-state index is -0.0429. The van der Waals surface area contributed by atoms with Crippen LogP contribution >= 0.6 is 0 Å². The predicted octanol–water partition coefficient (Wildman–Crippen LogP) is 3.03. The maximum absolute atomic E-state index is 6.92. The van der Waals surface area contributed by atoms with Crippen molar-refractivity contribution in [3.8, 4) is 0 Å². The van der Waals surface area contributed by atoms with Gasteiger partial charge >= 0.3 is 0 Å². The Kier molecular flexibility index (Phi) is 4.37. The van der Waals surface area contributed by atoms with Crippen molar-refractivity contribution in [3.05, 3.63) is 0 Å². The predicted molar refractivity (Wildman–Crippen MR) is 87.2 cm³/mol. The Bertz CT molecular complexity index is 370. The minimum Gasteiger partial charge on any atom is -0.377 e. The number of nitrogens with two attached hydrogens (primary N) is 1. The summed E-state index contributed by atoms with van der Waals surface area (Å²) < 4.78 is 5.93. The average Bonchev–Trinajstić information content (AvgIpc) is 2.83. The summed E-state index contributed by atoms with van der Waals surface area (Å²) in [5, 5.41) is 0. The second kappa shape index (κ2) is 5.82. The molecular weight excluding hydrogens is 260 g/mol. The van der Waals surface area contributed by atoms with Crippen LogP contribution in [0.25, 0.3) is 0 Å². The second-order valence-corrected chi connectivity index (χ2v) is 8.31. The van der Waals surface area contributed by atoms with E-state index in [2.05, 4.69) is 25.7 Å². The molecule has 3 nitrogen and oxygen atoms in total. The van der Waals surface area contributed by atoms with Crippen LogP contribution < -0.4 is 5.73 Å². The number of rotatable bonds is 4. The molecule has 3 aliphatic rings. The van der Waals surface area contributed by atoms with Crippen molar-refractivity contribution in [2.75, 3.05) is 26.2 Å². The van der Waals surface area contributed by atoms with E-state index in [-0.39, 0.29) is 11.0 Å². The van der Waals surface area contributed by atoms with Crippen molar-refractivity contribution >= 4 is 0 Å². The molecule has 122 valence electrons. The molecule has 0 aromatic carbocycles. The molecule has 2 aliphatic heterocycles. The number of hydrogen-bond acceptors (Lipinski definition) is 3. The van der Waals surface area contributed by atoms with Crippen LogP contribution in [0.3, 0.4) is 0 Å². The summed E-state index contributed by atoms with van der Waals surface area (Å²) in [4.78, 5) is 2.66. The normalized spacial score (nSPS) is 43.1. The van der Waals surface area contributed by atoms with Crippen LogP contribution in [0.15, 0.2) is 0 Å². The van der Waals surface area contributed by atoms with Crippen molar-refractivity contribution in [2.45, 2.75) is 70.9 Å². The third-order valence-corrected chi connectivity index (χ3v) is 6.79. The van der Waals surface area contributed by atoms with Gasteiger partial charge in [-0.1, -0.05) is 33.6 Å². The monoisotopic (exact) mass is 294 g/mol. The molecule has 0 amide bonds. The standard InChI is InChI=1S/C18H34N2O/c1-4-6-14-7-5-10-20(11-8-14)13-18(19)15-9-12-21-16(15)17(18,2)3/h14-16H,4-13,19H2,1-3H3. The number of likely N-dealkylation sites (tertiary alicyclic amines) is 1. The van der Waals surface area contributed by atoms with Gasteiger partial charge in [0, 0.05) is 30.0 Å². The molecule has 0 aromatic rings. The minimum absolute atomic E-state index is 0.0429. The lowest BCUT2D eigenvalue weighted by molar-refractivity contribution is -0.163. The molecule has 21 heavy (non-hydrogen) atoms. The summed E-state index contributed by atoms with van der Waals surface area (Å²) in [6.45, 7) is 11.4. The molecule has 0 spiro atoms. The van der Waals surface area contributed by atoms with Crippen molar-refractivity contribution in [1.29, 1.82) is 0 Å². The summed E-state index contributed by atoms with van der Waals surface area (Å²) in [7, 11) is 0. The fourth-order valence-corrected chi connectivity index (χ4v) is 5.25. The van der Waals surface area contributed by atoms with Gasteiger partial charge in [-0.25, -0.2) is 0 Å². The smallest absolute Gasteiger partial charge is 0.0691 e. The molecule has 3 rings (SSSR count). The fraction of sp³-hybridized carbons (Fsp3) is 1.00. The number of hydrogen-bond donors (Lipinski definition) is 1. The number of ether oxygens (including phenoxy) is 1. The van der Waals surface area contributed by atoms with Gasteiger partial charge in [-0.2, -0.15) is 0 Å². The lowest BCUT2D eigenvalue weighted by Gasteiger charge is -2.63. The van der Waals surface area contributed by atoms with E-state index in [4.69, 9.17) is 10.5 Å². The van der Waals surface area contributed by atoms with Crippen molar-refractivity contribution in [3.63, 3.8) is 0 Å². The van der Waals surface area contributed by atoms with Gasteiger partial charge < -0.3 is 15.4 Å². The van der Waals surface area contributed by atoms with Crippen molar-refractivity contribution in [2.24, 2.45) is 23.0 Å². The van der Waals surface area contributed by atoms with E-state index in [0.29, 0.717) is 12.0 Å². The summed E-state index contributed by atoms with van der Waals surface area (Å²) >= 11 is 0. The van der Waals surface area contributed by atoms with E-state index in [1.54, 1.807) is 0 Å². The highest BCUT2D eigenvalue weighted by Crippen LogP contribution is 2.58. The van der Waals surface area contributed by atoms with Gasteiger partial charge in [0.1, 0.15) is 0 Å². The van der Waals surface area contributed by atoms with Gasteiger partial charge in [0.2, 0.25) is 0 Å². The summed E-state index contributed by atoms with van der Waals surface area (Å²) in [6.07, 6.45) is 8.45. The summed E-state index contributed by atoms with van der Waals surface area (Å²) in [5.41, 5.74) is 7.00. The lowest BCUT2D eigenvalue weighted by Crippen LogP contribution is -2.78. The summed E-state index contributed by atoms with van der Waals surface area (Å²) in [5.74, 6) is 1.54. The first-order valence-corrected chi connectivity index (χ1v) is 9.12. The van der Waals surface area contributed by atoms with E-state index >= 15 is 0 Å². The van der Waals surface area contributed by atoms with Crippen LogP contribution in [-0.2, 0) is 4.74 Å². The largest absolute Gasteiger partial charge is 0.377 e. The van der Waals surface area contributed by atoms with E-state index in [1.807, 2.05) is 0 Å². The van der Waals surface area contributed by atoms with E-state index in [1.165, 1.54) is 45.2 Å². The quantitative estimate of drug-likeness (QED) is 0.866. The Balaban J connectivity index is 1.61. The molecule has 0 aromatic heterocycles. The molecule has 1 aliphatic carbocycles. The number of nitrogens with zero attached hydrogens (tertiary/aromatic N) is 1. The molecule has 4 atom stereocenters. The maximum atomic E-state index is 6.92. The average molecular weight is 294 g/mol. The number of fused-ring (bicyclic) bond motifs is 1. The Morgan fingerprint density at radius 3 is 2.76 bits per heavy atom. The highest BCUT2D eigenvalue weighted by atomic mass is 16.5. The zero-order chi connectivity index (χ0) is 15.1. The first-order chi connectivity index (χ1) is 9.99. The van der Waals surface area contributed by atoms with Crippen LogP contribution in [0.5, 0.6) is 0 Å². The molecule has 2 heterocycles. The highest BCUT2D eigenvalue weighted by Gasteiger charge is 2.67. The van der Waals surface area contributed by atoms with Crippen LogP contribution in [0.1, 0.15) is 59.3 Å². The summed E-state index contributed by atoms with van der Waals surface area (Å²) in [6, 6.07) is 0. The zero-order valence-corrected chi connectivity index (χ0v) is 14.2. The molecule has 1 saturated carbocycles. The van der Waals surface area contributed by atoms with Gasteiger partial charge in [-0.15, -0.1) is 0 Å². The van der Waals surface area contributed by atoms with Crippen molar-refractivity contribution in [1.82, 2.24) is 4.90 Å². The van der Waals surface area contributed by atoms with Crippen LogP contribution in [0.2, 0.25) is 0 Å². The van der Waals surface area contributed by atoms with Gasteiger partial charge in [-0.3, -0.25) is 0 Å². The van der Waals surface area contributed by atoms with Crippen LogP contribution in [0.4, 0.5) is 0 Å². The van der Waals surface area contributed by atoms with E-state index in [9.17, 15) is 0 Å². The van der Waals surface area contributed by atoms with Crippen LogP contribution in [0, 0.1) is 17.3 Å². The first kappa shape index (κ1) is 15.8. The second-order valence-electron chi connectivity index (χ2n) is 8.31. The Labute approximate surface area is 130 Å². The van der Waals surface area contributed by atoms with Gasteiger partial charge in [0.15, 0.2) is 0 Å². The van der Waals surface area contributed by atoms with Crippen molar-refractivity contribution < 1.29 is 4.74 Å². The topological polar surface area (TPSA) is 38.5 Å². The van der Waals surface area contributed by atoms with Crippen LogP contribution in [-0.4, -0.2) is 42.8 Å². The molecule has 3 fully saturated rings. The third-order valence-electron chi connectivity index (χ3n) is 6.79. The highest BCUT2D eigenvalue weighted by molar-refractivity contribution is 5.21. The van der Waals surface area contributed by atoms with Gasteiger partial charge in [0.25, 0.3) is 0 Å². The SMILES string of the molecule is CCCC1CCCN(CC2(N)C3CCOC3C2(C)C)CC1. The molecule has 0 bridgehead atoms. The molecule has 2 N–H and O–H groups in total. The molecule has 2 saturated heterocycles.